The molecule has 0 amide bonds. The van der Waals surface area contributed by atoms with Crippen molar-refractivity contribution in [2.45, 2.75) is 58.3 Å². The van der Waals surface area contributed by atoms with Crippen molar-refractivity contribution in [1.82, 2.24) is 4.90 Å². The summed E-state index contributed by atoms with van der Waals surface area (Å²) in [5, 5.41) is 0. The largest absolute Gasteiger partial charge is 0.494 e. The number of fused-ring (bicyclic) bond motifs is 1. The number of likely N-dealkylation sites (tertiary alicyclic amines) is 1. The third-order valence-electron chi connectivity index (χ3n) is 7.92. The van der Waals surface area contributed by atoms with Gasteiger partial charge in [-0.2, -0.15) is 0 Å². The van der Waals surface area contributed by atoms with Crippen molar-refractivity contribution in [2.24, 2.45) is 0 Å². The number of hydrogen-bond acceptors (Lipinski definition) is 4. The lowest BCUT2D eigenvalue weighted by atomic mass is 9.79. The van der Waals surface area contributed by atoms with Crippen LogP contribution in [-0.4, -0.2) is 43.5 Å². The number of nitrogens with zero attached hydrogens (tertiary/aromatic N) is 1. The van der Waals surface area contributed by atoms with Crippen LogP contribution in [0.25, 0.3) is 11.1 Å². The zero-order valence-corrected chi connectivity index (χ0v) is 23.3. The molecule has 4 heteroatoms. The van der Waals surface area contributed by atoms with Gasteiger partial charge in [0.1, 0.15) is 18.1 Å². The smallest absolute Gasteiger partial charge is 0.193 e. The zero-order valence-electron chi connectivity index (χ0n) is 23.3. The summed E-state index contributed by atoms with van der Waals surface area (Å²) < 4.78 is 11.9. The number of Topliss-reactive ketones (excluding diaryl/α,β-unsaturated/α-hetero) is 1. The molecule has 0 bridgehead atoms. The van der Waals surface area contributed by atoms with Gasteiger partial charge < -0.3 is 9.47 Å². The molecule has 2 aliphatic rings. The van der Waals surface area contributed by atoms with Gasteiger partial charge in [-0.05, 0) is 104 Å². The molecule has 1 saturated heterocycles. The SMILES string of the molecule is CCCCCOc1ccc(C2=C(C(=O)c3ccc(OCCN4CCCCC4)cc3)c3ccccc3CC2)cc1. The molecule has 0 N–H and O–H groups in total. The van der Waals surface area contributed by atoms with E-state index in [4.69, 9.17) is 9.47 Å². The zero-order chi connectivity index (χ0) is 26.9. The summed E-state index contributed by atoms with van der Waals surface area (Å²) in [6.45, 7) is 6.91. The monoisotopic (exact) mass is 523 g/mol. The normalized spacial score (nSPS) is 15.6. The third-order valence-corrected chi connectivity index (χ3v) is 7.92. The van der Waals surface area contributed by atoms with Gasteiger partial charge in [0.25, 0.3) is 0 Å². The predicted molar refractivity (Wildman–Crippen MR) is 160 cm³/mol. The molecule has 4 nitrogen and oxygen atoms in total. The number of carbonyl (C=O) groups excluding carboxylic acids is 1. The average Bonchev–Trinajstić information content (AvgIpc) is 3.00. The summed E-state index contributed by atoms with van der Waals surface area (Å²) in [5.41, 5.74) is 5.99. The van der Waals surface area contributed by atoms with Gasteiger partial charge in [0.05, 0.1) is 6.61 Å². The van der Waals surface area contributed by atoms with Crippen molar-refractivity contribution < 1.29 is 14.3 Å². The predicted octanol–water partition coefficient (Wildman–Crippen LogP) is 7.86. The van der Waals surface area contributed by atoms with Crippen molar-refractivity contribution in [3.8, 4) is 11.5 Å². The van der Waals surface area contributed by atoms with Gasteiger partial charge >= 0.3 is 0 Å². The first-order valence-electron chi connectivity index (χ1n) is 14.8. The maximum Gasteiger partial charge on any atom is 0.193 e. The number of hydrogen-bond donors (Lipinski definition) is 0. The molecule has 1 heterocycles. The van der Waals surface area contributed by atoms with Gasteiger partial charge in [-0.1, -0.05) is 62.6 Å². The van der Waals surface area contributed by atoms with E-state index in [1.165, 1.54) is 50.8 Å². The first kappa shape index (κ1) is 27.2. The van der Waals surface area contributed by atoms with Crippen LogP contribution in [0.15, 0.2) is 72.8 Å². The maximum absolute atomic E-state index is 14.0. The second kappa shape index (κ2) is 13.6. The Balaban J connectivity index is 1.33. The lowest BCUT2D eigenvalue weighted by Gasteiger charge is -2.26. The fraction of sp³-hybridized carbons (Fsp3) is 0.400. The van der Waals surface area contributed by atoms with E-state index in [1.807, 2.05) is 42.5 Å². The summed E-state index contributed by atoms with van der Waals surface area (Å²) >= 11 is 0. The molecule has 0 atom stereocenters. The second-order valence-electron chi connectivity index (χ2n) is 10.7. The van der Waals surface area contributed by atoms with Crippen molar-refractivity contribution in [3.63, 3.8) is 0 Å². The number of benzene rings is 3. The first-order valence-corrected chi connectivity index (χ1v) is 14.8. The molecular formula is C35H41NO3. The molecule has 0 saturated carbocycles. The highest BCUT2D eigenvalue weighted by atomic mass is 16.5. The van der Waals surface area contributed by atoms with Crippen LogP contribution in [-0.2, 0) is 6.42 Å². The Hall–Kier alpha value is -3.37. The van der Waals surface area contributed by atoms with Gasteiger partial charge in [0.2, 0.25) is 0 Å². The Morgan fingerprint density at radius 3 is 2.21 bits per heavy atom. The number of carbonyl (C=O) groups is 1. The van der Waals surface area contributed by atoms with Gasteiger partial charge in [-0.3, -0.25) is 9.69 Å². The summed E-state index contributed by atoms with van der Waals surface area (Å²) in [4.78, 5) is 16.5. The van der Waals surface area contributed by atoms with Gasteiger partial charge in [-0.25, -0.2) is 0 Å². The number of piperidine rings is 1. The molecule has 0 aromatic heterocycles. The Bertz CT molecular complexity index is 1250. The number of allylic oxidation sites excluding steroid dienone is 2. The van der Waals surface area contributed by atoms with Crippen molar-refractivity contribution in [1.29, 1.82) is 0 Å². The molecule has 39 heavy (non-hydrogen) atoms. The van der Waals surface area contributed by atoms with E-state index in [2.05, 4.69) is 42.2 Å². The number of aryl methyl sites for hydroxylation is 1. The van der Waals surface area contributed by atoms with Crippen LogP contribution in [0.1, 0.15) is 78.9 Å². The summed E-state index contributed by atoms with van der Waals surface area (Å²) in [5.74, 6) is 1.77. The van der Waals surface area contributed by atoms with E-state index in [0.29, 0.717) is 12.2 Å². The minimum Gasteiger partial charge on any atom is -0.494 e. The summed E-state index contributed by atoms with van der Waals surface area (Å²) in [6.07, 6.45) is 9.12. The van der Waals surface area contributed by atoms with Crippen LogP contribution in [0, 0.1) is 0 Å². The van der Waals surface area contributed by atoms with E-state index >= 15 is 0 Å². The summed E-state index contributed by atoms with van der Waals surface area (Å²) in [7, 11) is 0. The first-order chi connectivity index (χ1) is 19.2. The molecule has 1 fully saturated rings. The van der Waals surface area contributed by atoms with Crippen LogP contribution in [0.2, 0.25) is 0 Å². The van der Waals surface area contributed by atoms with Gasteiger partial charge in [0, 0.05) is 17.7 Å². The van der Waals surface area contributed by atoms with Crippen LogP contribution in [0.3, 0.4) is 0 Å². The van der Waals surface area contributed by atoms with Crippen LogP contribution < -0.4 is 9.47 Å². The lowest BCUT2D eigenvalue weighted by Crippen LogP contribution is -2.33. The van der Waals surface area contributed by atoms with Crippen LogP contribution in [0.4, 0.5) is 0 Å². The fourth-order valence-electron chi connectivity index (χ4n) is 5.69. The van der Waals surface area contributed by atoms with Crippen molar-refractivity contribution in [3.05, 3.63) is 95.1 Å². The number of unbranched alkanes of at least 4 members (excludes halogenated alkanes) is 2. The molecule has 0 unspecified atom stereocenters. The topological polar surface area (TPSA) is 38.8 Å². The van der Waals surface area contributed by atoms with Crippen LogP contribution >= 0.6 is 0 Å². The molecule has 0 radical (unpaired) electrons. The lowest BCUT2D eigenvalue weighted by molar-refractivity contribution is 0.105. The molecule has 1 aliphatic heterocycles. The molecule has 0 spiro atoms. The second-order valence-corrected chi connectivity index (χ2v) is 10.7. The van der Waals surface area contributed by atoms with E-state index in [1.54, 1.807) is 0 Å². The standard InChI is InChI=1S/C35H41NO3/c1-2-3-9-25-38-30-17-12-28(13-18-30)33-21-16-27-10-5-6-11-32(27)34(33)35(37)29-14-19-31(20-15-29)39-26-24-36-22-7-4-8-23-36/h5-6,10-15,17-20H,2-4,7-9,16,21-26H2,1H3. The Labute approximate surface area is 233 Å². The molecule has 3 aromatic rings. The minimum atomic E-state index is 0.0666. The number of ether oxygens (including phenoxy) is 2. The minimum absolute atomic E-state index is 0.0666. The Morgan fingerprint density at radius 2 is 1.46 bits per heavy atom. The maximum atomic E-state index is 14.0. The number of rotatable bonds is 12. The average molecular weight is 524 g/mol. The Morgan fingerprint density at radius 1 is 0.769 bits per heavy atom. The van der Waals surface area contributed by atoms with E-state index in [-0.39, 0.29) is 5.78 Å². The highest BCUT2D eigenvalue weighted by molar-refractivity contribution is 6.35. The van der Waals surface area contributed by atoms with Gasteiger partial charge in [-0.15, -0.1) is 0 Å². The van der Waals surface area contributed by atoms with E-state index in [9.17, 15) is 4.79 Å². The van der Waals surface area contributed by atoms with Crippen LogP contribution in [0.5, 0.6) is 11.5 Å². The Kier molecular flexibility index (Phi) is 9.50. The quantitative estimate of drug-likeness (QED) is 0.179. The highest BCUT2D eigenvalue weighted by Gasteiger charge is 2.26. The van der Waals surface area contributed by atoms with Crippen molar-refractivity contribution >= 4 is 16.9 Å². The molecule has 1 aliphatic carbocycles. The van der Waals surface area contributed by atoms with Gasteiger partial charge in [0.15, 0.2) is 5.78 Å². The molecule has 204 valence electrons. The molecule has 5 rings (SSSR count). The third kappa shape index (κ3) is 6.99. The molecule has 3 aromatic carbocycles. The van der Waals surface area contributed by atoms with E-state index in [0.717, 1.165) is 66.2 Å². The molecular weight excluding hydrogens is 482 g/mol. The fourth-order valence-corrected chi connectivity index (χ4v) is 5.69. The van der Waals surface area contributed by atoms with E-state index < -0.39 is 0 Å². The summed E-state index contributed by atoms with van der Waals surface area (Å²) in [6, 6.07) is 24.3. The highest BCUT2D eigenvalue weighted by Crippen LogP contribution is 2.39. The van der Waals surface area contributed by atoms with Crippen molar-refractivity contribution in [2.75, 3.05) is 32.8 Å². The number of ketones is 1.